The first-order valence-corrected chi connectivity index (χ1v) is 10.3. The number of ketones is 1. The van der Waals surface area contributed by atoms with Crippen molar-refractivity contribution in [2.75, 3.05) is 13.2 Å². The normalized spacial score (nSPS) is 10.9. The molecular formula is C20H20I2O6. The number of Topliss-reactive ketones (excluding diaryl/α,β-unsaturated/α-hetero) is 1. The fraction of sp³-hybridized carbons (Fsp3) is 0.250. The van der Waals surface area contributed by atoms with Crippen molar-refractivity contribution < 1.29 is 29.0 Å². The molecule has 0 aliphatic heterocycles. The van der Waals surface area contributed by atoms with E-state index in [2.05, 4.69) is 49.9 Å². The van der Waals surface area contributed by atoms with Crippen LogP contribution >= 0.6 is 45.2 Å². The number of esters is 2. The molecule has 0 aliphatic carbocycles. The average Bonchev–Trinajstić information content (AvgIpc) is 2.65. The van der Waals surface area contributed by atoms with Crippen LogP contribution in [-0.4, -0.2) is 36.0 Å². The summed E-state index contributed by atoms with van der Waals surface area (Å²) in [4.78, 5) is 32.3. The van der Waals surface area contributed by atoms with Gasteiger partial charge < -0.3 is 14.6 Å². The Morgan fingerprint density at radius 3 is 1.79 bits per heavy atom. The molecule has 0 aliphatic rings. The Morgan fingerprint density at radius 2 is 1.32 bits per heavy atom. The Kier molecular flexibility index (Phi) is 11.2. The third-order valence-corrected chi connectivity index (χ3v) is 4.71. The van der Waals surface area contributed by atoms with Crippen LogP contribution in [0.25, 0.3) is 0 Å². The second kappa shape index (κ2) is 12.8. The van der Waals surface area contributed by atoms with Crippen molar-refractivity contribution in [3.05, 3.63) is 66.8 Å². The van der Waals surface area contributed by atoms with Gasteiger partial charge in [-0.3, -0.25) is 14.4 Å². The fourth-order valence-corrected chi connectivity index (χ4v) is 2.58. The molecule has 2 aromatic carbocycles. The Hall–Kier alpha value is -1.53. The van der Waals surface area contributed by atoms with Gasteiger partial charge in [-0.25, -0.2) is 0 Å². The zero-order valence-electron chi connectivity index (χ0n) is 15.4. The third kappa shape index (κ3) is 10.1. The smallest absolute Gasteiger partial charge is 0.303 e. The Morgan fingerprint density at radius 1 is 0.857 bits per heavy atom. The molecule has 2 aromatic rings. The highest BCUT2D eigenvalue weighted by Gasteiger charge is 2.08. The van der Waals surface area contributed by atoms with Gasteiger partial charge in [0.05, 0.1) is 0 Å². The van der Waals surface area contributed by atoms with E-state index in [0.29, 0.717) is 5.56 Å². The molecule has 0 unspecified atom stereocenters. The molecule has 0 bridgehead atoms. The Bertz CT molecular complexity index is 787. The molecule has 0 radical (unpaired) electrons. The Balaban J connectivity index is 0.000000280. The predicted octanol–water partition coefficient (Wildman–Crippen LogP) is 3.92. The maximum Gasteiger partial charge on any atom is 0.303 e. The van der Waals surface area contributed by atoms with Crippen molar-refractivity contribution in [1.29, 1.82) is 0 Å². The second-order valence-corrected chi connectivity index (χ2v) is 8.07. The number of rotatable bonds is 6. The lowest BCUT2D eigenvalue weighted by atomic mass is 10.1. The number of halogens is 2. The van der Waals surface area contributed by atoms with Gasteiger partial charge in [0.1, 0.15) is 12.7 Å². The quantitative estimate of drug-likeness (QED) is 0.303. The number of hydrogen-bond acceptors (Lipinski definition) is 6. The van der Waals surface area contributed by atoms with Crippen LogP contribution in [0.3, 0.4) is 0 Å². The molecule has 0 fully saturated rings. The summed E-state index contributed by atoms with van der Waals surface area (Å²) in [5.41, 5.74) is 1.32. The van der Waals surface area contributed by atoms with Crippen LogP contribution < -0.4 is 0 Å². The van der Waals surface area contributed by atoms with Crippen LogP contribution in [0.15, 0.2) is 48.5 Å². The van der Waals surface area contributed by atoms with Crippen LogP contribution in [0.2, 0.25) is 0 Å². The molecule has 1 atom stereocenters. The van der Waals surface area contributed by atoms with E-state index in [-0.39, 0.29) is 25.0 Å². The van der Waals surface area contributed by atoms with Gasteiger partial charge in [0.15, 0.2) is 12.4 Å². The molecule has 8 heteroatoms. The lowest BCUT2D eigenvalue weighted by Gasteiger charge is -2.10. The van der Waals surface area contributed by atoms with E-state index in [1.54, 1.807) is 12.1 Å². The number of carbonyl (C=O) groups is 3. The van der Waals surface area contributed by atoms with Crippen LogP contribution in [0, 0.1) is 7.14 Å². The van der Waals surface area contributed by atoms with Crippen molar-refractivity contribution in [1.82, 2.24) is 0 Å². The summed E-state index contributed by atoms with van der Waals surface area (Å²) in [5.74, 6) is -1.00. The number of aliphatic hydroxyl groups excluding tert-OH is 1. The van der Waals surface area contributed by atoms with E-state index in [9.17, 15) is 19.5 Å². The minimum absolute atomic E-state index is 0.00985. The number of benzene rings is 2. The topological polar surface area (TPSA) is 89.9 Å². The van der Waals surface area contributed by atoms with Crippen molar-refractivity contribution in [2.24, 2.45) is 0 Å². The zero-order valence-corrected chi connectivity index (χ0v) is 19.7. The molecule has 28 heavy (non-hydrogen) atoms. The average molecular weight is 610 g/mol. The summed E-state index contributed by atoms with van der Waals surface area (Å²) in [7, 11) is 0. The van der Waals surface area contributed by atoms with E-state index in [1.807, 2.05) is 36.4 Å². The van der Waals surface area contributed by atoms with Crippen molar-refractivity contribution in [2.45, 2.75) is 20.0 Å². The largest absolute Gasteiger partial charge is 0.463 e. The predicted molar refractivity (Wildman–Crippen MR) is 121 cm³/mol. The molecule has 6 nitrogen and oxygen atoms in total. The highest BCUT2D eigenvalue weighted by molar-refractivity contribution is 14.1. The van der Waals surface area contributed by atoms with Gasteiger partial charge in [-0.15, -0.1) is 0 Å². The number of hydrogen-bond donors (Lipinski definition) is 1. The van der Waals surface area contributed by atoms with E-state index in [1.165, 1.54) is 13.8 Å². The van der Waals surface area contributed by atoms with Gasteiger partial charge in [0.25, 0.3) is 0 Å². The van der Waals surface area contributed by atoms with E-state index in [0.717, 1.165) is 12.7 Å². The van der Waals surface area contributed by atoms with Gasteiger partial charge in [0, 0.05) is 26.6 Å². The second-order valence-electron chi connectivity index (χ2n) is 5.58. The van der Waals surface area contributed by atoms with E-state index >= 15 is 0 Å². The summed E-state index contributed by atoms with van der Waals surface area (Å²) in [6.45, 7) is 2.42. The van der Waals surface area contributed by atoms with Gasteiger partial charge in [-0.05, 0) is 75.0 Å². The van der Waals surface area contributed by atoms with Crippen molar-refractivity contribution >= 4 is 62.9 Å². The lowest BCUT2D eigenvalue weighted by Crippen LogP contribution is -2.11. The minimum Gasteiger partial charge on any atom is -0.463 e. The number of aliphatic hydroxyl groups is 1. The van der Waals surface area contributed by atoms with Gasteiger partial charge in [0.2, 0.25) is 0 Å². The first kappa shape index (κ1) is 24.5. The zero-order chi connectivity index (χ0) is 21.1. The highest BCUT2D eigenvalue weighted by atomic mass is 127. The van der Waals surface area contributed by atoms with Crippen LogP contribution in [0.5, 0.6) is 0 Å². The monoisotopic (exact) mass is 610 g/mol. The number of ether oxygens (including phenoxy) is 2. The van der Waals surface area contributed by atoms with Crippen LogP contribution in [-0.2, 0) is 19.1 Å². The molecule has 0 amide bonds. The molecule has 0 spiro atoms. The highest BCUT2D eigenvalue weighted by Crippen LogP contribution is 2.15. The summed E-state index contributed by atoms with van der Waals surface area (Å²) in [6, 6.07) is 14.5. The minimum atomic E-state index is -0.740. The molecule has 0 aromatic heterocycles. The third-order valence-electron chi connectivity index (χ3n) is 3.27. The molecule has 150 valence electrons. The maximum atomic E-state index is 11.4. The summed E-state index contributed by atoms with van der Waals surface area (Å²) in [5, 5.41) is 9.58. The van der Waals surface area contributed by atoms with Crippen molar-refractivity contribution in [3.63, 3.8) is 0 Å². The SMILES string of the molecule is CC(=O)OCC(=O)c1ccc(I)cc1.CC(=O)OC[C@@H](O)c1ccc(I)cc1. The van der Waals surface area contributed by atoms with Gasteiger partial charge in [-0.2, -0.15) is 0 Å². The Labute approximate surface area is 190 Å². The first-order chi connectivity index (χ1) is 13.2. The summed E-state index contributed by atoms with van der Waals surface area (Å²) < 4.78 is 11.5. The molecule has 1 N–H and O–H groups in total. The van der Waals surface area contributed by atoms with Gasteiger partial charge >= 0.3 is 11.9 Å². The molecule has 0 heterocycles. The van der Waals surface area contributed by atoms with Gasteiger partial charge in [-0.1, -0.05) is 24.3 Å². The molecule has 2 rings (SSSR count). The lowest BCUT2D eigenvalue weighted by molar-refractivity contribution is -0.144. The van der Waals surface area contributed by atoms with Crippen LogP contribution in [0.4, 0.5) is 0 Å². The van der Waals surface area contributed by atoms with E-state index < -0.39 is 12.1 Å². The molecular weight excluding hydrogens is 590 g/mol. The van der Waals surface area contributed by atoms with E-state index in [4.69, 9.17) is 4.74 Å². The van der Waals surface area contributed by atoms with Crippen molar-refractivity contribution in [3.8, 4) is 0 Å². The maximum absolute atomic E-state index is 11.4. The standard InChI is InChI=1S/C10H11IO3.C10H9IO3/c2*1-7(12)14-6-10(13)8-2-4-9(11)5-3-8/h2-5,10,13H,6H2,1H3;2-5H,6H2,1H3/t10-;/m1./s1. The first-order valence-electron chi connectivity index (χ1n) is 8.18. The molecule has 0 saturated heterocycles. The molecule has 0 saturated carbocycles. The fourth-order valence-electron chi connectivity index (χ4n) is 1.86. The van der Waals surface area contributed by atoms with Crippen LogP contribution in [0.1, 0.15) is 35.9 Å². The summed E-state index contributed by atoms with van der Waals surface area (Å²) in [6.07, 6.45) is -0.740. The number of carbonyl (C=O) groups excluding carboxylic acids is 3. The summed E-state index contributed by atoms with van der Waals surface area (Å²) >= 11 is 4.34.